The molecular weight excluding hydrogens is 258 g/mol. The summed E-state index contributed by atoms with van der Waals surface area (Å²) in [5, 5.41) is 5.00. The van der Waals surface area contributed by atoms with E-state index in [1.54, 1.807) is 0 Å². The fourth-order valence-corrected chi connectivity index (χ4v) is 3.40. The first kappa shape index (κ1) is 14.6. The molecule has 1 atom stereocenters. The molecule has 2 heteroatoms. The van der Waals surface area contributed by atoms with E-state index < -0.39 is 0 Å². The zero-order valence-corrected chi connectivity index (χ0v) is 13.7. The molecule has 0 bridgehead atoms. The SMILES string of the molecule is CCc1c(C(C)NCC2(C(C)C)CC2)oc2ccccc12. The zero-order valence-electron chi connectivity index (χ0n) is 13.7. The second kappa shape index (κ2) is 5.49. The quantitative estimate of drug-likeness (QED) is 0.800. The van der Waals surface area contributed by atoms with Crippen LogP contribution in [0.5, 0.6) is 0 Å². The van der Waals surface area contributed by atoms with Crippen LogP contribution in [0, 0.1) is 11.3 Å². The Balaban J connectivity index is 1.80. The number of nitrogens with one attached hydrogen (secondary N) is 1. The molecular formula is C19H27NO. The van der Waals surface area contributed by atoms with Gasteiger partial charge in [0.2, 0.25) is 0 Å². The molecule has 114 valence electrons. The van der Waals surface area contributed by atoms with E-state index in [0.29, 0.717) is 5.41 Å². The minimum absolute atomic E-state index is 0.281. The zero-order chi connectivity index (χ0) is 15.0. The van der Waals surface area contributed by atoms with Gasteiger partial charge in [0, 0.05) is 17.5 Å². The molecule has 1 aromatic heterocycles. The van der Waals surface area contributed by atoms with Crippen molar-refractivity contribution in [3.05, 3.63) is 35.6 Å². The van der Waals surface area contributed by atoms with Gasteiger partial charge in [0.05, 0.1) is 6.04 Å². The Hall–Kier alpha value is -1.28. The molecule has 1 heterocycles. The van der Waals surface area contributed by atoms with Gasteiger partial charge >= 0.3 is 0 Å². The first-order valence-corrected chi connectivity index (χ1v) is 8.31. The Morgan fingerprint density at radius 1 is 1.19 bits per heavy atom. The second-order valence-electron chi connectivity index (χ2n) is 6.91. The highest BCUT2D eigenvalue weighted by Crippen LogP contribution is 2.51. The molecule has 1 N–H and O–H groups in total. The van der Waals surface area contributed by atoms with Crippen molar-refractivity contribution in [1.82, 2.24) is 5.32 Å². The highest BCUT2D eigenvalue weighted by molar-refractivity contribution is 5.82. The van der Waals surface area contributed by atoms with Crippen LogP contribution in [0.1, 0.15) is 57.9 Å². The van der Waals surface area contributed by atoms with E-state index in [-0.39, 0.29) is 6.04 Å². The van der Waals surface area contributed by atoms with Crippen molar-refractivity contribution >= 4 is 11.0 Å². The van der Waals surface area contributed by atoms with Crippen molar-refractivity contribution < 1.29 is 4.42 Å². The summed E-state index contributed by atoms with van der Waals surface area (Å²) in [6.07, 6.45) is 3.75. The molecule has 1 aliphatic carbocycles. The predicted octanol–water partition coefficient (Wildman–Crippen LogP) is 5.08. The maximum Gasteiger partial charge on any atom is 0.134 e. The molecule has 1 saturated carbocycles. The third-order valence-corrected chi connectivity index (χ3v) is 5.35. The first-order valence-electron chi connectivity index (χ1n) is 8.31. The number of furan rings is 1. The van der Waals surface area contributed by atoms with E-state index in [9.17, 15) is 0 Å². The third-order valence-electron chi connectivity index (χ3n) is 5.35. The highest BCUT2D eigenvalue weighted by Gasteiger charge is 2.45. The fraction of sp³-hybridized carbons (Fsp3) is 0.579. The summed E-state index contributed by atoms with van der Waals surface area (Å²) in [5.41, 5.74) is 2.91. The average Bonchev–Trinajstić information content (AvgIpc) is 3.19. The van der Waals surface area contributed by atoms with Crippen molar-refractivity contribution in [1.29, 1.82) is 0 Å². The molecule has 1 unspecified atom stereocenters. The van der Waals surface area contributed by atoms with Gasteiger partial charge in [-0.2, -0.15) is 0 Å². The monoisotopic (exact) mass is 285 g/mol. The van der Waals surface area contributed by atoms with Crippen LogP contribution in [0.15, 0.2) is 28.7 Å². The average molecular weight is 285 g/mol. The largest absolute Gasteiger partial charge is 0.459 e. The minimum atomic E-state index is 0.281. The Morgan fingerprint density at radius 2 is 1.90 bits per heavy atom. The van der Waals surface area contributed by atoms with E-state index in [1.165, 1.54) is 23.8 Å². The first-order chi connectivity index (χ1) is 10.1. The number of rotatable bonds is 6. The van der Waals surface area contributed by atoms with Gasteiger partial charge in [-0.25, -0.2) is 0 Å². The lowest BCUT2D eigenvalue weighted by Crippen LogP contribution is -2.29. The number of benzene rings is 1. The maximum atomic E-state index is 6.14. The molecule has 2 aromatic rings. The summed E-state index contributed by atoms with van der Waals surface area (Å²) < 4.78 is 6.14. The van der Waals surface area contributed by atoms with Gasteiger partial charge in [0.1, 0.15) is 11.3 Å². The summed E-state index contributed by atoms with van der Waals surface area (Å²) in [5.74, 6) is 1.89. The van der Waals surface area contributed by atoms with Gasteiger partial charge in [0.15, 0.2) is 0 Å². The van der Waals surface area contributed by atoms with Crippen LogP contribution in [-0.2, 0) is 6.42 Å². The summed E-state index contributed by atoms with van der Waals surface area (Å²) in [7, 11) is 0. The highest BCUT2D eigenvalue weighted by atomic mass is 16.3. The van der Waals surface area contributed by atoms with Gasteiger partial charge < -0.3 is 9.73 Å². The molecule has 2 nitrogen and oxygen atoms in total. The Bertz CT molecular complexity index is 622. The minimum Gasteiger partial charge on any atom is -0.459 e. The van der Waals surface area contributed by atoms with Crippen molar-refractivity contribution in [3.8, 4) is 0 Å². The third kappa shape index (κ3) is 2.62. The fourth-order valence-electron chi connectivity index (χ4n) is 3.40. The maximum absolute atomic E-state index is 6.14. The summed E-state index contributed by atoms with van der Waals surface area (Å²) >= 11 is 0. The normalized spacial score (nSPS) is 18.3. The Labute approximate surface area is 127 Å². The lowest BCUT2D eigenvalue weighted by Gasteiger charge is -2.22. The van der Waals surface area contributed by atoms with Crippen LogP contribution in [0.2, 0.25) is 0 Å². The van der Waals surface area contributed by atoms with E-state index in [4.69, 9.17) is 4.42 Å². The number of para-hydroxylation sites is 1. The standard InChI is InChI=1S/C19H27NO/c1-5-15-16-8-6-7-9-17(16)21-18(15)14(4)20-12-19(10-11-19)13(2)3/h6-9,13-14,20H,5,10-12H2,1-4H3. The van der Waals surface area contributed by atoms with Crippen molar-refractivity contribution in [2.75, 3.05) is 6.54 Å². The predicted molar refractivity (Wildman–Crippen MR) is 88.5 cm³/mol. The lowest BCUT2D eigenvalue weighted by molar-refractivity contribution is 0.314. The number of hydrogen-bond acceptors (Lipinski definition) is 2. The molecule has 0 aliphatic heterocycles. The molecule has 3 rings (SSSR count). The van der Waals surface area contributed by atoms with Crippen molar-refractivity contribution in [2.24, 2.45) is 11.3 Å². The molecule has 21 heavy (non-hydrogen) atoms. The smallest absolute Gasteiger partial charge is 0.134 e. The second-order valence-corrected chi connectivity index (χ2v) is 6.91. The molecule has 0 spiro atoms. The Morgan fingerprint density at radius 3 is 2.52 bits per heavy atom. The molecule has 0 radical (unpaired) electrons. The van der Waals surface area contributed by atoms with Crippen LogP contribution in [0.25, 0.3) is 11.0 Å². The van der Waals surface area contributed by atoms with E-state index in [0.717, 1.165) is 30.2 Å². The van der Waals surface area contributed by atoms with Crippen molar-refractivity contribution in [3.63, 3.8) is 0 Å². The lowest BCUT2D eigenvalue weighted by atomic mass is 9.92. The van der Waals surface area contributed by atoms with Crippen molar-refractivity contribution in [2.45, 2.75) is 53.0 Å². The molecule has 1 aliphatic rings. The van der Waals surface area contributed by atoms with Gasteiger partial charge in [-0.15, -0.1) is 0 Å². The van der Waals surface area contributed by atoms with Gasteiger partial charge in [-0.3, -0.25) is 0 Å². The van der Waals surface area contributed by atoms with Crippen LogP contribution in [-0.4, -0.2) is 6.54 Å². The molecule has 0 amide bonds. The van der Waals surface area contributed by atoms with Crippen LogP contribution in [0.3, 0.4) is 0 Å². The van der Waals surface area contributed by atoms with Gasteiger partial charge in [-0.1, -0.05) is 39.0 Å². The molecule has 1 fully saturated rings. The van der Waals surface area contributed by atoms with E-state index >= 15 is 0 Å². The number of hydrogen-bond donors (Lipinski definition) is 1. The molecule has 0 saturated heterocycles. The summed E-state index contributed by atoms with van der Waals surface area (Å²) in [6.45, 7) is 10.2. The summed E-state index contributed by atoms with van der Waals surface area (Å²) in [4.78, 5) is 0. The Kier molecular flexibility index (Phi) is 3.83. The topological polar surface area (TPSA) is 25.2 Å². The van der Waals surface area contributed by atoms with Gasteiger partial charge in [-0.05, 0) is 43.6 Å². The number of fused-ring (bicyclic) bond motifs is 1. The van der Waals surface area contributed by atoms with Crippen LogP contribution >= 0.6 is 0 Å². The molecule has 1 aromatic carbocycles. The van der Waals surface area contributed by atoms with Crippen LogP contribution in [0.4, 0.5) is 0 Å². The summed E-state index contributed by atoms with van der Waals surface area (Å²) in [6, 6.07) is 8.66. The van der Waals surface area contributed by atoms with Crippen LogP contribution < -0.4 is 5.32 Å². The van der Waals surface area contributed by atoms with E-state index in [1.807, 2.05) is 6.07 Å². The number of aryl methyl sites for hydroxylation is 1. The van der Waals surface area contributed by atoms with E-state index in [2.05, 4.69) is 51.2 Å². The van der Waals surface area contributed by atoms with Gasteiger partial charge in [0.25, 0.3) is 0 Å².